The molecule has 2 rings (SSSR count). The van der Waals surface area contributed by atoms with E-state index in [2.05, 4.69) is 12.2 Å². The zero-order chi connectivity index (χ0) is 14.0. The minimum atomic E-state index is -0.880. The molecule has 1 aliphatic heterocycles. The Bertz CT molecular complexity index is 401. The third-order valence-corrected chi connectivity index (χ3v) is 5.43. The van der Waals surface area contributed by atoms with Crippen LogP contribution >= 0.6 is 11.8 Å². The number of carboxylic acids is 1. The van der Waals surface area contributed by atoms with Crippen molar-refractivity contribution < 1.29 is 14.7 Å². The number of nitrogens with one attached hydrogen (secondary N) is 1. The van der Waals surface area contributed by atoms with E-state index in [4.69, 9.17) is 0 Å². The Morgan fingerprint density at radius 2 is 1.95 bits per heavy atom. The summed E-state index contributed by atoms with van der Waals surface area (Å²) >= 11 is 1.25. The Hall–Kier alpha value is -0.970. The maximum Gasteiger partial charge on any atom is 0.319 e. The average Bonchev–Trinajstić information content (AvgIpc) is 2.71. The van der Waals surface area contributed by atoms with Gasteiger partial charge in [-0.3, -0.25) is 9.59 Å². The number of hydrogen-bond acceptors (Lipinski definition) is 3. The van der Waals surface area contributed by atoms with E-state index in [9.17, 15) is 14.7 Å². The normalized spacial score (nSPS) is 38.1. The highest BCUT2D eigenvalue weighted by Crippen LogP contribution is 2.35. The second-order valence-corrected chi connectivity index (χ2v) is 6.90. The van der Waals surface area contributed by atoms with Gasteiger partial charge in [-0.15, -0.1) is 11.8 Å². The smallest absolute Gasteiger partial charge is 0.319 e. The molecule has 2 aliphatic rings. The van der Waals surface area contributed by atoms with Crippen LogP contribution in [0.3, 0.4) is 0 Å². The number of carbonyl (C=O) groups is 2. The van der Waals surface area contributed by atoms with Crippen LogP contribution in [0.5, 0.6) is 0 Å². The molecule has 0 saturated heterocycles. The van der Waals surface area contributed by atoms with E-state index < -0.39 is 16.8 Å². The Labute approximate surface area is 118 Å². The molecule has 0 radical (unpaired) electrons. The zero-order valence-electron chi connectivity index (χ0n) is 11.4. The fourth-order valence-corrected chi connectivity index (χ4v) is 3.85. The van der Waals surface area contributed by atoms with Crippen LogP contribution in [0.15, 0.2) is 11.5 Å². The lowest BCUT2D eigenvalue weighted by Crippen LogP contribution is -2.54. The number of amides is 1. The van der Waals surface area contributed by atoms with Gasteiger partial charge in [0.25, 0.3) is 0 Å². The van der Waals surface area contributed by atoms with Crippen molar-refractivity contribution in [2.24, 2.45) is 11.8 Å². The molecule has 106 valence electrons. The summed E-state index contributed by atoms with van der Waals surface area (Å²) in [5, 5.41) is 13.3. The first-order valence-corrected chi connectivity index (χ1v) is 7.74. The van der Waals surface area contributed by atoms with Crippen LogP contribution in [0, 0.1) is 11.8 Å². The van der Waals surface area contributed by atoms with Gasteiger partial charge in [0.15, 0.2) is 0 Å². The maximum atomic E-state index is 12.3. The number of thioether (sulfide) groups is 1. The Morgan fingerprint density at radius 1 is 1.32 bits per heavy atom. The molecule has 19 heavy (non-hydrogen) atoms. The topological polar surface area (TPSA) is 66.4 Å². The summed E-state index contributed by atoms with van der Waals surface area (Å²) in [7, 11) is 0. The summed E-state index contributed by atoms with van der Waals surface area (Å²) in [5.41, 5.74) is -0.767. The summed E-state index contributed by atoms with van der Waals surface area (Å²) in [6.45, 7) is 4.00. The molecule has 5 heteroatoms. The van der Waals surface area contributed by atoms with Crippen molar-refractivity contribution in [1.82, 2.24) is 5.32 Å². The summed E-state index contributed by atoms with van der Waals surface area (Å²) in [6, 6.07) is 0. The highest BCUT2D eigenvalue weighted by atomic mass is 32.2. The van der Waals surface area contributed by atoms with E-state index in [-0.39, 0.29) is 11.8 Å². The van der Waals surface area contributed by atoms with Gasteiger partial charge < -0.3 is 10.4 Å². The molecule has 2 N–H and O–H groups in total. The third-order valence-electron chi connectivity index (χ3n) is 4.18. The largest absolute Gasteiger partial charge is 0.480 e. The number of rotatable bonds is 3. The first kappa shape index (κ1) is 14.4. The first-order valence-electron chi connectivity index (χ1n) is 6.80. The lowest BCUT2D eigenvalue weighted by atomic mass is 9.82. The standard InChI is InChI=1S/C14H21NO3S/c1-9-3-5-10(6-4-9)12(16)15-14(2)7-8-19-11(14)13(17)18/h7-11H,3-6H2,1-2H3,(H,15,16)(H,17,18). The molecular weight excluding hydrogens is 262 g/mol. The van der Waals surface area contributed by atoms with Crippen LogP contribution in [-0.2, 0) is 9.59 Å². The number of hydrogen-bond donors (Lipinski definition) is 2. The molecule has 1 heterocycles. The zero-order valence-corrected chi connectivity index (χ0v) is 12.2. The fraction of sp³-hybridized carbons (Fsp3) is 0.714. The molecule has 1 saturated carbocycles. The summed E-state index contributed by atoms with van der Waals surface area (Å²) in [4.78, 5) is 23.5. The monoisotopic (exact) mass is 283 g/mol. The van der Waals surface area contributed by atoms with Crippen LogP contribution in [0.1, 0.15) is 39.5 Å². The summed E-state index contributed by atoms with van der Waals surface area (Å²) in [6.07, 6.45) is 5.79. The van der Waals surface area contributed by atoms with Crippen LogP contribution in [0.25, 0.3) is 0 Å². The van der Waals surface area contributed by atoms with Gasteiger partial charge >= 0.3 is 5.97 Å². The SMILES string of the molecule is CC1CCC(C(=O)NC2(C)C=CSC2C(=O)O)CC1. The molecule has 0 bridgehead atoms. The van der Waals surface area contributed by atoms with Crippen molar-refractivity contribution in [3.63, 3.8) is 0 Å². The molecule has 1 fully saturated rings. The lowest BCUT2D eigenvalue weighted by molar-refractivity contribution is -0.137. The predicted molar refractivity (Wildman–Crippen MR) is 75.8 cm³/mol. The Kier molecular flexibility index (Phi) is 4.23. The molecule has 0 spiro atoms. The van der Waals surface area contributed by atoms with E-state index in [0.29, 0.717) is 5.92 Å². The van der Waals surface area contributed by atoms with Crippen LogP contribution in [0.2, 0.25) is 0 Å². The second-order valence-electron chi connectivity index (χ2n) is 5.89. The third kappa shape index (κ3) is 3.14. The van der Waals surface area contributed by atoms with Gasteiger partial charge in [-0.2, -0.15) is 0 Å². The Balaban J connectivity index is 1.98. The van der Waals surface area contributed by atoms with Crippen molar-refractivity contribution in [3.05, 3.63) is 11.5 Å². The van der Waals surface area contributed by atoms with E-state index in [1.165, 1.54) is 11.8 Å². The van der Waals surface area contributed by atoms with Gasteiger partial charge in [0.1, 0.15) is 5.25 Å². The van der Waals surface area contributed by atoms with Crippen molar-refractivity contribution in [1.29, 1.82) is 0 Å². The van der Waals surface area contributed by atoms with Crippen LogP contribution in [-0.4, -0.2) is 27.8 Å². The summed E-state index contributed by atoms with van der Waals surface area (Å²) < 4.78 is 0. The van der Waals surface area contributed by atoms with E-state index in [0.717, 1.165) is 25.7 Å². The molecule has 0 aromatic carbocycles. The second kappa shape index (κ2) is 5.57. The first-order chi connectivity index (χ1) is 8.92. The molecule has 2 unspecified atom stereocenters. The molecule has 0 aromatic heterocycles. The minimum Gasteiger partial charge on any atom is -0.480 e. The molecule has 0 aromatic rings. The van der Waals surface area contributed by atoms with Gasteiger partial charge in [-0.25, -0.2) is 0 Å². The predicted octanol–water partition coefficient (Wildman–Crippen LogP) is 2.40. The molecule has 1 amide bonds. The highest BCUT2D eigenvalue weighted by Gasteiger charge is 2.43. The van der Waals surface area contributed by atoms with Gasteiger partial charge in [-0.05, 0) is 43.9 Å². The molecule has 1 aliphatic carbocycles. The molecule has 2 atom stereocenters. The molecule has 4 nitrogen and oxygen atoms in total. The van der Waals surface area contributed by atoms with Crippen molar-refractivity contribution in [3.8, 4) is 0 Å². The van der Waals surface area contributed by atoms with E-state index in [1.54, 1.807) is 18.4 Å². The minimum absolute atomic E-state index is 0.00722. The van der Waals surface area contributed by atoms with E-state index in [1.807, 2.05) is 0 Å². The highest BCUT2D eigenvalue weighted by molar-refractivity contribution is 8.03. The average molecular weight is 283 g/mol. The van der Waals surface area contributed by atoms with Crippen molar-refractivity contribution in [2.75, 3.05) is 0 Å². The Morgan fingerprint density at radius 3 is 2.53 bits per heavy atom. The van der Waals surface area contributed by atoms with Gasteiger partial charge in [-0.1, -0.05) is 13.0 Å². The number of aliphatic carboxylic acids is 1. The fourth-order valence-electron chi connectivity index (χ4n) is 2.80. The van der Waals surface area contributed by atoms with Gasteiger partial charge in [0, 0.05) is 5.92 Å². The number of carbonyl (C=O) groups excluding carboxylic acids is 1. The maximum absolute atomic E-state index is 12.3. The van der Waals surface area contributed by atoms with Crippen LogP contribution < -0.4 is 5.32 Å². The number of carboxylic acid groups (broad SMARTS) is 1. The van der Waals surface area contributed by atoms with Crippen molar-refractivity contribution >= 4 is 23.6 Å². The quantitative estimate of drug-likeness (QED) is 0.834. The van der Waals surface area contributed by atoms with Crippen LogP contribution in [0.4, 0.5) is 0 Å². The van der Waals surface area contributed by atoms with Gasteiger partial charge in [0.2, 0.25) is 5.91 Å². The lowest BCUT2D eigenvalue weighted by Gasteiger charge is -2.32. The van der Waals surface area contributed by atoms with Crippen molar-refractivity contribution in [2.45, 2.75) is 50.3 Å². The molecular formula is C14H21NO3S. The van der Waals surface area contributed by atoms with E-state index >= 15 is 0 Å². The van der Waals surface area contributed by atoms with Gasteiger partial charge in [0.05, 0.1) is 5.54 Å². The summed E-state index contributed by atoms with van der Waals surface area (Å²) in [5.74, 6) is -0.127.